The van der Waals surface area contributed by atoms with Gasteiger partial charge in [0.15, 0.2) is 0 Å². The Kier molecular flexibility index (Phi) is 7.63. The van der Waals surface area contributed by atoms with Crippen molar-refractivity contribution < 1.29 is 27.1 Å². The maximum Gasteiger partial charge on any atom is 0.405 e. The molecule has 0 bridgehead atoms. The Morgan fingerprint density at radius 2 is 1.83 bits per heavy atom. The number of aromatic nitrogens is 3. The first kappa shape index (κ1) is 28.4. The van der Waals surface area contributed by atoms with Crippen molar-refractivity contribution in [3.63, 3.8) is 0 Å². The molecule has 1 aliphatic carbocycles. The highest BCUT2D eigenvalue weighted by Crippen LogP contribution is 2.36. The van der Waals surface area contributed by atoms with Crippen molar-refractivity contribution in [2.75, 3.05) is 23.8 Å². The molecule has 1 aliphatic rings. The Bertz CT molecular complexity index is 1550. The first-order chi connectivity index (χ1) is 19.4. The largest absolute Gasteiger partial charge is 0.462 e. The molecule has 4 aromatic rings. The summed E-state index contributed by atoms with van der Waals surface area (Å²) in [5.41, 5.74) is 3.25. The summed E-state index contributed by atoms with van der Waals surface area (Å²) >= 11 is 0. The van der Waals surface area contributed by atoms with Gasteiger partial charge in [0.2, 0.25) is 0 Å². The summed E-state index contributed by atoms with van der Waals surface area (Å²) in [6.45, 7) is 6.99. The number of anilines is 2. The number of pyridine rings is 1. The van der Waals surface area contributed by atoms with Crippen LogP contribution in [0, 0.1) is 12.8 Å². The van der Waals surface area contributed by atoms with Gasteiger partial charge in [0.1, 0.15) is 12.2 Å². The Hall–Kier alpha value is -4.15. The minimum Gasteiger partial charge on any atom is -0.462 e. The zero-order valence-electron chi connectivity index (χ0n) is 23.3. The van der Waals surface area contributed by atoms with Gasteiger partial charge >= 0.3 is 18.2 Å². The molecule has 1 saturated carbocycles. The number of carbonyl (C=O) groups excluding carboxylic acids is 1. The highest BCUT2D eigenvalue weighted by molar-refractivity contribution is 5.91. The lowest BCUT2D eigenvalue weighted by Crippen LogP contribution is -2.41. The van der Waals surface area contributed by atoms with Crippen LogP contribution in [0.15, 0.2) is 52.9 Å². The predicted octanol–water partition coefficient (Wildman–Crippen LogP) is 6.91. The van der Waals surface area contributed by atoms with Crippen LogP contribution in [0.4, 0.5) is 24.9 Å². The molecule has 0 saturated heterocycles. The number of ether oxygens (including phenoxy) is 1. The van der Waals surface area contributed by atoms with Crippen molar-refractivity contribution in [1.29, 1.82) is 0 Å². The van der Waals surface area contributed by atoms with Crippen molar-refractivity contribution in [1.82, 2.24) is 15.2 Å². The molecule has 0 amide bonds. The zero-order chi connectivity index (χ0) is 29.4. The van der Waals surface area contributed by atoms with Crippen molar-refractivity contribution in [3.05, 3.63) is 65.2 Å². The summed E-state index contributed by atoms with van der Waals surface area (Å²) < 4.78 is 49.9. The number of halogens is 3. The highest BCUT2D eigenvalue weighted by Gasteiger charge is 2.33. The first-order valence-electron chi connectivity index (χ1n) is 13.5. The molecule has 11 heteroatoms. The molecule has 1 fully saturated rings. The molecule has 0 unspecified atom stereocenters. The van der Waals surface area contributed by atoms with Gasteiger partial charge in [0.05, 0.1) is 17.7 Å². The van der Waals surface area contributed by atoms with Crippen molar-refractivity contribution in [2.24, 2.45) is 5.92 Å². The van der Waals surface area contributed by atoms with E-state index >= 15 is 0 Å². The Labute approximate surface area is 235 Å². The lowest BCUT2D eigenvalue weighted by atomic mass is 9.80. The molecule has 0 aliphatic heterocycles. The van der Waals surface area contributed by atoms with Gasteiger partial charge in [-0.15, -0.1) is 5.10 Å². The highest BCUT2D eigenvalue weighted by atomic mass is 19.4. The van der Waals surface area contributed by atoms with Gasteiger partial charge in [-0.25, -0.2) is 9.78 Å². The number of benzene rings is 2. The van der Waals surface area contributed by atoms with E-state index in [0.717, 1.165) is 29.4 Å². The summed E-state index contributed by atoms with van der Waals surface area (Å²) in [6, 6.07) is 14.3. The van der Waals surface area contributed by atoms with E-state index in [4.69, 9.17) is 14.1 Å². The third kappa shape index (κ3) is 6.61. The Balaban J connectivity index is 1.32. The number of aryl methyl sites for hydroxylation is 1. The number of nitrogens with one attached hydrogen (secondary N) is 2. The number of rotatable bonds is 8. The van der Waals surface area contributed by atoms with Crippen LogP contribution in [0.25, 0.3) is 22.5 Å². The van der Waals surface area contributed by atoms with Gasteiger partial charge in [-0.05, 0) is 66.6 Å². The van der Waals surface area contributed by atoms with E-state index in [1.165, 1.54) is 0 Å². The maximum absolute atomic E-state index is 12.9. The summed E-state index contributed by atoms with van der Waals surface area (Å²) in [5, 5.41) is 14.8. The Morgan fingerprint density at radius 1 is 1.07 bits per heavy atom. The van der Waals surface area contributed by atoms with Gasteiger partial charge in [-0.2, -0.15) is 13.2 Å². The molecule has 5 rings (SSSR count). The van der Waals surface area contributed by atoms with Crippen molar-refractivity contribution in [3.8, 4) is 11.6 Å². The average molecular weight is 568 g/mol. The van der Waals surface area contributed by atoms with Crippen LogP contribution in [0.1, 0.15) is 55.1 Å². The van der Waals surface area contributed by atoms with Gasteiger partial charge in [-0.1, -0.05) is 44.1 Å². The van der Waals surface area contributed by atoms with E-state index in [-0.39, 0.29) is 36.4 Å². The summed E-state index contributed by atoms with van der Waals surface area (Å²) in [4.78, 5) is 17.1. The van der Waals surface area contributed by atoms with E-state index in [0.29, 0.717) is 22.5 Å². The number of esters is 1. The van der Waals surface area contributed by atoms with Crippen LogP contribution in [-0.4, -0.2) is 46.5 Å². The number of hydrogen-bond acceptors (Lipinski definition) is 8. The monoisotopic (exact) mass is 567 g/mol. The topological polar surface area (TPSA) is 102 Å². The predicted molar refractivity (Wildman–Crippen MR) is 150 cm³/mol. The molecule has 41 heavy (non-hydrogen) atoms. The normalized spacial score (nSPS) is 17.2. The third-order valence-electron chi connectivity index (χ3n) is 7.23. The minimum atomic E-state index is -4.33. The van der Waals surface area contributed by atoms with Gasteiger partial charge in [0.25, 0.3) is 5.89 Å². The number of alkyl halides is 3. The average Bonchev–Trinajstić information content (AvgIpc) is 3.38. The van der Waals surface area contributed by atoms with Crippen LogP contribution >= 0.6 is 0 Å². The van der Waals surface area contributed by atoms with Crippen LogP contribution in [0.5, 0.6) is 0 Å². The SMILES string of the molecule is Cc1cc(-c2nnc(N[C@H]3CC[C@H]3COC(=O)c3ccccc3)o2)nc2c(C(C)(C)C)cc(NCC(F)(F)F)cc12. The molecule has 2 N–H and O–H groups in total. The molecule has 0 radical (unpaired) electrons. The zero-order valence-corrected chi connectivity index (χ0v) is 23.3. The van der Waals surface area contributed by atoms with Crippen LogP contribution in [0.3, 0.4) is 0 Å². The molecule has 2 heterocycles. The van der Waals surface area contributed by atoms with E-state index < -0.39 is 18.1 Å². The van der Waals surface area contributed by atoms with E-state index in [9.17, 15) is 18.0 Å². The molecule has 2 aromatic heterocycles. The fourth-order valence-electron chi connectivity index (χ4n) is 4.82. The molecule has 2 aromatic carbocycles. The second-order valence-electron chi connectivity index (χ2n) is 11.4. The maximum atomic E-state index is 12.9. The number of fused-ring (bicyclic) bond motifs is 1. The van der Waals surface area contributed by atoms with Gasteiger partial charge in [0, 0.05) is 23.0 Å². The second-order valence-corrected chi connectivity index (χ2v) is 11.4. The minimum absolute atomic E-state index is 0.0216. The van der Waals surface area contributed by atoms with Crippen molar-refractivity contribution in [2.45, 2.75) is 58.2 Å². The van der Waals surface area contributed by atoms with Crippen LogP contribution in [-0.2, 0) is 10.2 Å². The third-order valence-corrected chi connectivity index (χ3v) is 7.23. The summed E-state index contributed by atoms with van der Waals surface area (Å²) in [6.07, 6.45) is -2.55. The summed E-state index contributed by atoms with van der Waals surface area (Å²) in [5.74, 6) is -0.0106. The molecule has 8 nitrogen and oxygen atoms in total. The number of nitrogens with zero attached hydrogens (tertiary/aromatic N) is 3. The quantitative estimate of drug-likeness (QED) is 0.222. The standard InChI is InChI=1S/C30H32F3N5O3/c1-17-12-24(35-25-21(17)13-20(34-16-30(31,32)33)14-22(25)29(2,3)4)26-37-38-28(41-26)36-23-11-10-19(23)15-40-27(39)18-8-6-5-7-9-18/h5-9,12-14,19,23,34H,10-11,15-16H2,1-4H3,(H,36,38)/t19-,23-/m0/s1. The summed E-state index contributed by atoms with van der Waals surface area (Å²) in [7, 11) is 0. The van der Waals surface area contributed by atoms with E-state index in [1.54, 1.807) is 42.5 Å². The molecule has 2 atom stereocenters. The fraction of sp³-hybridized carbons (Fsp3) is 0.400. The van der Waals surface area contributed by atoms with E-state index in [2.05, 4.69) is 20.8 Å². The van der Waals surface area contributed by atoms with Gasteiger partial charge in [-0.3, -0.25) is 0 Å². The van der Waals surface area contributed by atoms with Gasteiger partial charge < -0.3 is 19.8 Å². The lowest BCUT2D eigenvalue weighted by Gasteiger charge is -2.35. The van der Waals surface area contributed by atoms with E-state index in [1.807, 2.05) is 33.8 Å². The fourth-order valence-corrected chi connectivity index (χ4v) is 4.82. The molecular formula is C30H32F3N5O3. The second kappa shape index (κ2) is 11.0. The molecule has 216 valence electrons. The van der Waals surface area contributed by atoms with Crippen LogP contribution in [0.2, 0.25) is 0 Å². The number of hydrogen-bond donors (Lipinski definition) is 2. The molecular weight excluding hydrogens is 535 g/mol. The molecule has 0 spiro atoms. The lowest BCUT2D eigenvalue weighted by molar-refractivity contribution is -0.115. The number of carbonyl (C=O) groups is 1. The smallest absolute Gasteiger partial charge is 0.405 e. The Morgan fingerprint density at radius 3 is 2.49 bits per heavy atom. The van der Waals surface area contributed by atoms with Crippen molar-refractivity contribution >= 4 is 28.6 Å². The van der Waals surface area contributed by atoms with Crippen LogP contribution < -0.4 is 10.6 Å². The first-order valence-corrected chi connectivity index (χ1v) is 13.5.